The second-order valence-electron chi connectivity index (χ2n) is 4.14. The van der Waals surface area contributed by atoms with Gasteiger partial charge in [0.25, 0.3) is 0 Å². The first-order valence-electron chi connectivity index (χ1n) is 6.08. The SMILES string of the molecule is O=C(CSc1ccnc(=O)[nH]1)Nc1ccc2c(c1)OCO2. The number of thioether (sulfide) groups is 1. The van der Waals surface area contributed by atoms with Crippen LogP contribution in [0, 0.1) is 0 Å². The molecular formula is C13H11N3O4S. The second-order valence-corrected chi connectivity index (χ2v) is 5.16. The largest absolute Gasteiger partial charge is 0.454 e. The van der Waals surface area contributed by atoms with Crippen molar-refractivity contribution >= 4 is 23.4 Å². The number of nitrogens with one attached hydrogen (secondary N) is 2. The Labute approximate surface area is 123 Å². The van der Waals surface area contributed by atoms with Gasteiger partial charge in [0, 0.05) is 18.0 Å². The molecule has 0 saturated heterocycles. The summed E-state index contributed by atoms with van der Waals surface area (Å²) < 4.78 is 10.4. The molecule has 2 N–H and O–H groups in total. The fraction of sp³-hybridized carbons (Fsp3) is 0.154. The molecule has 0 aliphatic carbocycles. The number of aromatic nitrogens is 2. The topological polar surface area (TPSA) is 93.3 Å². The van der Waals surface area contributed by atoms with Crippen LogP contribution >= 0.6 is 11.8 Å². The minimum atomic E-state index is -0.434. The molecule has 1 aromatic carbocycles. The number of aromatic amines is 1. The standard InChI is InChI=1S/C13H11N3O4S/c17-11(6-21-12-3-4-14-13(18)16-12)15-8-1-2-9-10(5-8)20-7-19-9/h1-5H,6-7H2,(H,15,17)(H,14,16,18). The predicted molar refractivity (Wildman–Crippen MR) is 76.8 cm³/mol. The summed E-state index contributed by atoms with van der Waals surface area (Å²) >= 11 is 1.22. The molecule has 0 spiro atoms. The maximum atomic E-state index is 11.9. The van der Waals surface area contributed by atoms with Crippen LogP contribution in [-0.4, -0.2) is 28.4 Å². The second kappa shape index (κ2) is 5.88. The fourth-order valence-corrected chi connectivity index (χ4v) is 2.43. The molecule has 21 heavy (non-hydrogen) atoms. The number of anilines is 1. The molecule has 1 amide bonds. The number of carbonyl (C=O) groups excluding carboxylic acids is 1. The van der Waals surface area contributed by atoms with Crippen LogP contribution in [0.2, 0.25) is 0 Å². The molecule has 0 unspecified atom stereocenters. The van der Waals surface area contributed by atoms with Crippen molar-refractivity contribution in [2.45, 2.75) is 5.03 Å². The molecule has 0 radical (unpaired) electrons. The normalized spacial score (nSPS) is 12.2. The number of benzene rings is 1. The molecule has 0 bridgehead atoms. The summed E-state index contributed by atoms with van der Waals surface area (Å²) in [5.74, 6) is 1.26. The van der Waals surface area contributed by atoms with E-state index in [-0.39, 0.29) is 18.5 Å². The van der Waals surface area contributed by atoms with Gasteiger partial charge in [-0.1, -0.05) is 11.8 Å². The third kappa shape index (κ3) is 3.34. The van der Waals surface area contributed by atoms with Crippen molar-refractivity contribution in [1.29, 1.82) is 0 Å². The van der Waals surface area contributed by atoms with E-state index in [9.17, 15) is 9.59 Å². The summed E-state index contributed by atoms with van der Waals surface area (Å²) in [5, 5.41) is 3.35. The molecular weight excluding hydrogens is 294 g/mol. The lowest BCUT2D eigenvalue weighted by Gasteiger charge is -2.06. The lowest BCUT2D eigenvalue weighted by Crippen LogP contribution is -2.15. The number of hydrogen-bond donors (Lipinski definition) is 2. The molecule has 3 rings (SSSR count). The van der Waals surface area contributed by atoms with Crippen molar-refractivity contribution in [1.82, 2.24) is 9.97 Å². The zero-order valence-electron chi connectivity index (χ0n) is 10.8. The van der Waals surface area contributed by atoms with E-state index in [2.05, 4.69) is 15.3 Å². The van der Waals surface area contributed by atoms with Crippen LogP contribution in [0.4, 0.5) is 5.69 Å². The van der Waals surface area contributed by atoms with Crippen molar-refractivity contribution < 1.29 is 14.3 Å². The predicted octanol–water partition coefficient (Wildman–Crippen LogP) is 1.23. The quantitative estimate of drug-likeness (QED) is 0.652. The Bertz CT molecular complexity index is 731. The molecule has 2 heterocycles. The summed E-state index contributed by atoms with van der Waals surface area (Å²) in [4.78, 5) is 28.9. The first-order valence-corrected chi connectivity index (χ1v) is 7.07. The summed E-state index contributed by atoms with van der Waals surface area (Å²) in [6.07, 6.45) is 1.40. The van der Waals surface area contributed by atoms with E-state index in [4.69, 9.17) is 9.47 Å². The number of carbonyl (C=O) groups is 1. The average molecular weight is 305 g/mol. The Morgan fingerprint density at radius 2 is 2.19 bits per heavy atom. The van der Waals surface area contributed by atoms with Gasteiger partial charge in [0.05, 0.1) is 10.8 Å². The van der Waals surface area contributed by atoms with E-state index < -0.39 is 5.69 Å². The van der Waals surface area contributed by atoms with Crippen molar-refractivity contribution in [2.75, 3.05) is 17.9 Å². The Balaban J connectivity index is 1.58. The smallest absolute Gasteiger partial charge is 0.345 e. The van der Waals surface area contributed by atoms with Crippen LogP contribution in [0.15, 0.2) is 40.3 Å². The molecule has 1 aliphatic heterocycles. The summed E-state index contributed by atoms with van der Waals surface area (Å²) in [5.41, 5.74) is 0.198. The Kier molecular flexibility index (Phi) is 3.78. The van der Waals surface area contributed by atoms with Gasteiger partial charge >= 0.3 is 5.69 Å². The van der Waals surface area contributed by atoms with Crippen molar-refractivity contribution in [3.05, 3.63) is 40.9 Å². The zero-order chi connectivity index (χ0) is 14.7. The van der Waals surface area contributed by atoms with Crippen LogP contribution in [0.3, 0.4) is 0 Å². The van der Waals surface area contributed by atoms with E-state index >= 15 is 0 Å². The van der Waals surface area contributed by atoms with Crippen molar-refractivity contribution in [2.24, 2.45) is 0 Å². The van der Waals surface area contributed by atoms with Crippen molar-refractivity contribution in [3.63, 3.8) is 0 Å². The highest BCUT2D eigenvalue weighted by molar-refractivity contribution is 7.99. The highest BCUT2D eigenvalue weighted by atomic mass is 32.2. The number of rotatable bonds is 4. The van der Waals surface area contributed by atoms with Gasteiger partial charge in [0.15, 0.2) is 11.5 Å². The molecule has 2 aromatic rings. The molecule has 7 nitrogen and oxygen atoms in total. The van der Waals surface area contributed by atoms with E-state index in [0.29, 0.717) is 22.2 Å². The van der Waals surface area contributed by atoms with Crippen LogP contribution in [-0.2, 0) is 4.79 Å². The first kappa shape index (κ1) is 13.5. The maximum absolute atomic E-state index is 11.9. The van der Waals surface area contributed by atoms with Gasteiger partial charge in [-0.05, 0) is 18.2 Å². The third-order valence-electron chi connectivity index (χ3n) is 2.66. The number of amides is 1. The Morgan fingerprint density at radius 3 is 3.05 bits per heavy atom. The Hall–Kier alpha value is -2.48. The van der Waals surface area contributed by atoms with Gasteiger partial charge in [-0.3, -0.25) is 4.79 Å². The van der Waals surface area contributed by atoms with E-state index in [1.54, 1.807) is 24.3 Å². The van der Waals surface area contributed by atoms with E-state index in [0.717, 1.165) is 0 Å². The minimum absolute atomic E-state index is 0.175. The maximum Gasteiger partial charge on any atom is 0.345 e. The van der Waals surface area contributed by atoms with Gasteiger partial charge in [-0.15, -0.1) is 0 Å². The fourth-order valence-electron chi connectivity index (χ4n) is 1.75. The number of nitrogens with zero attached hydrogens (tertiary/aromatic N) is 1. The van der Waals surface area contributed by atoms with Crippen LogP contribution in [0.5, 0.6) is 11.5 Å². The highest BCUT2D eigenvalue weighted by Gasteiger charge is 2.14. The lowest BCUT2D eigenvalue weighted by atomic mass is 10.3. The van der Waals surface area contributed by atoms with Gasteiger partial charge in [-0.25, -0.2) is 9.78 Å². The number of ether oxygens (including phenoxy) is 2. The van der Waals surface area contributed by atoms with E-state index in [1.807, 2.05) is 0 Å². The Morgan fingerprint density at radius 1 is 1.33 bits per heavy atom. The zero-order valence-corrected chi connectivity index (χ0v) is 11.6. The van der Waals surface area contributed by atoms with Crippen LogP contribution < -0.4 is 20.5 Å². The van der Waals surface area contributed by atoms with Crippen molar-refractivity contribution in [3.8, 4) is 11.5 Å². The molecule has 0 saturated carbocycles. The third-order valence-corrected chi connectivity index (χ3v) is 3.62. The van der Waals surface area contributed by atoms with Gasteiger partial charge in [0.2, 0.25) is 12.7 Å². The van der Waals surface area contributed by atoms with Gasteiger partial charge < -0.3 is 19.8 Å². The average Bonchev–Trinajstić information content (AvgIpc) is 2.93. The molecule has 0 atom stereocenters. The van der Waals surface area contributed by atoms with Crippen LogP contribution in [0.1, 0.15) is 0 Å². The summed E-state index contributed by atoms with van der Waals surface area (Å²) in [6, 6.07) is 6.83. The highest BCUT2D eigenvalue weighted by Crippen LogP contribution is 2.34. The molecule has 0 fully saturated rings. The molecule has 1 aliphatic rings. The molecule has 108 valence electrons. The van der Waals surface area contributed by atoms with Gasteiger partial charge in [-0.2, -0.15) is 0 Å². The monoisotopic (exact) mass is 305 g/mol. The lowest BCUT2D eigenvalue weighted by molar-refractivity contribution is -0.113. The van der Waals surface area contributed by atoms with Crippen LogP contribution in [0.25, 0.3) is 0 Å². The molecule has 8 heteroatoms. The summed E-state index contributed by atoms with van der Waals surface area (Å²) in [6.45, 7) is 0.192. The molecule has 1 aromatic heterocycles. The van der Waals surface area contributed by atoms with Gasteiger partial charge in [0.1, 0.15) is 0 Å². The number of H-pyrrole nitrogens is 1. The summed E-state index contributed by atoms with van der Waals surface area (Å²) in [7, 11) is 0. The first-order chi connectivity index (χ1) is 10.2. The minimum Gasteiger partial charge on any atom is -0.454 e. The number of fused-ring (bicyclic) bond motifs is 1. The van der Waals surface area contributed by atoms with E-state index in [1.165, 1.54) is 18.0 Å². The number of hydrogen-bond acceptors (Lipinski definition) is 6.